The zero-order valence-electron chi connectivity index (χ0n) is 12.2. The maximum Gasteiger partial charge on any atom is 0.262 e. The molecule has 1 amide bonds. The molecule has 0 aliphatic carbocycles. The smallest absolute Gasteiger partial charge is 0.262 e. The number of halogens is 1. The molecule has 1 N–H and O–H groups in total. The third-order valence-electron chi connectivity index (χ3n) is 3.05. The summed E-state index contributed by atoms with van der Waals surface area (Å²) in [5.74, 6) is -0.563. The minimum Gasteiger partial charge on any atom is -0.383 e. The number of hydrogen-bond donors (Lipinski definition) is 1. The van der Waals surface area contributed by atoms with Crippen molar-refractivity contribution in [2.24, 2.45) is 0 Å². The van der Waals surface area contributed by atoms with Crippen LogP contribution in [0.4, 0.5) is 4.39 Å². The average molecular weight is 311 g/mol. The Hall–Kier alpha value is -1.50. The summed E-state index contributed by atoms with van der Waals surface area (Å²) in [5, 5.41) is 3.31. The molecule has 1 atom stereocenters. The summed E-state index contributed by atoms with van der Waals surface area (Å²) in [4.78, 5) is 12.9. The first-order chi connectivity index (χ1) is 10.1. The predicted molar refractivity (Wildman–Crippen MR) is 81.3 cm³/mol. The van der Waals surface area contributed by atoms with Crippen LogP contribution in [0, 0.1) is 5.82 Å². The van der Waals surface area contributed by atoms with Gasteiger partial charge in [0.15, 0.2) is 0 Å². The maximum atomic E-state index is 14.0. The minimum atomic E-state index is -0.334. The Morgan fingerprint density at radius 2 is 2.14 bits per heavy atom. The summed E-state index contributed by atoms with van der Waals surface area (Å²) >= 11 is 1.27. The molecule has 4 nitrogen and oxygen atoms in total. The molecular weight excluding hydrogens is 293 g/mol. The molecule has 2 rings (SSSR count). The van der Waals surface area contributed by atoms with Crippen molar-refractivity contribution in [2.75, 3.05) is 20.8 Å². The number of fused-ring (bicyclic) bond motifs is 1. The van der Waals surface area contributed by atoms with E-state index in [9.17, 15) is 9.18 Å². The van der Waals surface area contributed by atoms with Crippen LogP contribution in [0.2, 0.25) is 0 Å². The van der Waals surface area contributed by atoms with E-state index in [0.717, 1.165) is 4.70 Å². The van der Waals surface area contributed by atoms with Crippen LogP contribution >= 0.6 is 11.3 Å². The van der Waals surface area contributed by atoms with Crippen molar-refractivity contribution in [1.29, 1.82) is 0 Å². The van der Waals surface area contributed by atoms with Gasteiger partial charge in [-0.05, 0) is 19.1 Å². The summed E-state index contributed by atoms with van der Waals surface area (Å²) in [6, 6.07) is 4.72. The van der Waals surface area contributed by atoms with Crippen LogP contribution in [-0.2, 0) is 16.1 Å². The van der Waals surface area contributed by atoms with Gasteiger partial charge in [0, 0.05) is 35.9 Å². The number of carbonyl (C=O) groups excluding carboxylic acids is 1. The quantitative estimate of drug-likeness (QED) is 0.892. The molecule has 0 aliphatic heterocycles. The molecule has 0 spiro atoms. The van der Waals surface area contributed by atoms with Crippen molar-refractivity contribution in [3.05, 3.63) is 34.5 Å². The lowest BCUT2D eigenvalue weighted by Gasteiger charge is -2.12. The topological polar surface area (TPSA) is 47.6 Å². The molecule has 0 fully saturated rings. The highest BCUT2D eigenvalue weighted by Gasteiger charge is 2.21. The molecule has 0 bridgehead atoms. The summed E-state index contributed by atoms with van der Waals surface area (Å²) in [6.07, 6.45) is 0. The Bertz CT molecular complexity index is 641. The summed E-state index contributed by atoms with van der Waals surface area (Å²) in [7, 11) is 3.10. The number of ether oxygens (including phenoxy) is 2. The van der Waals surface area contributed by atoms with Gasteiger partial charge in [-0.2, -0.15) is 0 Å². The van der Waals surface area contributed by atoms with E-state index >= 15 is 0 Å². The van der Waals surface area contributed by atoms with Crippen molar-refractivity contribution < 1.29 is 18.7 Å². The fourth-order valence-corrected chi connectivity index (χ4v) is 3.34. The maximum absolute atomic E-state index is 14.0. The first kappa shape index (κ1) is 15.9. The van der Waals surface area contributed by atoms with Crippen LogP contribution < -0.4 is 5.32 Å². The fraction of sp³-hybridized carbons (Fsp3) is 0.400. The molecular formula is C15H18FNO3S. The van der Waals surface area contributed by atoms with Crippen molar-refractivity contribution >= 4 is 27.3 Å². The number of thiophene rings is 1. The minimum absolute atomic E-state index is 0.118. The third-order valence-corrected chi connectivity index (χ3v) is 4.25. The highest BCUT2D eigenvalue weighted by Crippen LogP contribution is 2.33. The van der Waals surface area contributed by atoms with E-state index < -0.39 is 0 Å². The van der Waals surface area contributed by atoms with Gasteiger partial charge in [0.1, 0.15) is 5.82 Å². The van der Waals surface area contributed by atoms with Gasteiger partial charge in [-0.1, -0.05) is 6.07 Å². The van der Waals surface area contributed by atoms with Crippen molar-refractivity contribution in [1.82, 2.24) is 5.32 Å². The van der Waals surface area contributed by atoms with E-state index in [1.165, 1.54) is 24.5 Å². The molecule has 114 valence electrons. The van der Waals surface area contributed by atoms with E-state index in [2.05, 4.69) is 5.32 Å². The van der Waals surface area contributed by atoms with Crippen LogP contribution in [0.5, 0.6) is 0 Å². The molecule has 2 aromatic rings. The zero-order chi connectivity index (χ0) is 15.4. The second-order valence-electron chi connectivity index (χ2n) is 4.79. The van der Waals surface area contributed by atoms with E-state index in [4.69, 9.17) is 9.47 Å². The SMILES string of the molecule is COCc1c(C(=O)N[C@H](C)COC)sc2cccc(F)c12. The normalized spacial score (nSPS) is 12.6. The van der Waals surface area contributed by atoms with Gasteiger partial charge in [-0.25, -0.2) is 4.39 Å². The van der Waals surface area contributed by atoms with E-state index in [1.54, 1.807) is 19.2 Å². The van der Waals surface area contributed by atoms with Crippen LogP contribution in [0.3, 0.4) is 0 Å². The van der Waals surface area contributed by atoms with E-state index in [1.807, 2.05) is 6.92 Å². The fourth-order valence-electron chi connectivity index (χ4n) is 2.21. The standard InChI is InChI=1S/C15H18FNO3S/c1-9(7-19-2)17-15(18)14-10(8-20-3)13-11(16)5-4-6-12(13)21-14/h4-6,9H,7-8H2,1-3H3,(H,17,18)/t9-/m1/s1. The van der Waals surface area contributed by atoms with Crippen molar-refractivity contribution in [2.45, 2.75) is 19.6 Å². The largest absolute Gasteiger partial charge is 0.383 e. The van der Waals surface area contributed by atoms with Crippen LogP contribution in [-0.4, -0.2) is 32.8 Å². The Morgan fingerprint density at radius 3 is 2.81 bits per heavy atom. The number of rotatable bonds is 6. The van der Waals surface area contributed by atoms with Crippen molar-refractivity contribution in [3.63, 3.8) is 0 Å². The van der Waals surface area contributed by atoms with Gasteiger partial charge < -0.3 is 14.8 Å². The molecule has 0 saturated carbocycles. The van der Waals surface area contributed by atoms with Gasteiger partial charge in [-0.3, -0.25) is 4.79 Å². The van der Waals surface area contributed by atoms with Gasteiger partial charge >= 0.3 is 0 Å². The first-order valence-electron chi connectivity index (χ1n) is 6.57. The van der Waals surface area contributed by atoms with Crippen molar-refractivity contribution in [3.8, 4) is 0 Å². The second kappa shape index (κ2) is 6.98. The van der Waals surface area contributed by atoms with Crippen LogP contribution in [0.1, 0.15) is 22.2 Å². The lowest BCUT2D eigenvalue weighted by atomic mass is 10.1. The molecule has 1 aromatic heterocycles. The molecule has 0 saturated heterocycles. The average Bonchev–Trinajstić information content (AvgIpc) is 2.80. The zero-order valence-corrected chi connectivity index (χ0v) is 13.1. The second-order valence-corrected chi connectivity index (χ2v) is 5.84. The van der Waals surface area contributed by atoms with Crippen LogP contribution in [0.25, 0.3) is 10.1 Å². The summed E-state index contributed by atoms with van der Waals surface area (Å²) in [6.45, 7) is 2.47. The number of hydrogen-bond acceptors (Lipinski definition) is 4. The summed E-state index contributed by atoms with van der Waals surface area (Å²) < 4.78 is 24.9. The molecule has 0 unspecified atom stereocenters. The van der Waals surface area contributed by atoms with Gasteiger partial charge in [-0.15, -0.1) is 11.3 Å². The predicted octanol–water partition coefficient (Wildman–Crippen LogP) is 2.95. The first-order valence-corrected chi connectivity index (χ1v) is 7.38. The van der Waals surface area contributed by atoms with E-state index in [0.29, 0.717) is 22.4 Å². The Kier molecular flexibility index (Phi) is 5.27. The monoisotopic (exact) mass is 311 g/mol. The van der Waals surface area contributed by atoms with Gasteiger partial charge in [0.05, 0.1) is 18.1 Å². The number of benzene rings is 1. The Labute approximate surface area is 126 Å². The number of carbonyl (C=O) groups is 1. The number of methoxy groups -OCH3 is 2. The Morgan fingerprint density at radius 1 is 1.38 bits per heavy atom. The van der Waals surface area contributed by atoms with E-state index in [-0.39, 0.29) is 24.4 Å². The number of nitrogens with one attached hydrogen (secondary N) is 1. The number of amides is 1. The highest BCUT2D eigenvalue weighted by atomic mass is 32.1. The molecule has 1 aromatic carbocycles. The molecule has 21 heavy (non-hydrogen) atoms. The van der Waals surface area contributed by atoms with Gasteiger partial charge in [0.2, 0.25) is 0 Å². The highest BCUT2D eigenvalue weighted by molar-refractivity contribution is 7.21. The summed E-state index contributed by atoms with van der Waals surface area (Å²) in [5.41, 5.74) is 0.595. The lowest BCUT2D eigenvalue weighted by molar-refractivity contribution is 0.0905. The third kappa shape index (κ3) is 3.40. The molecule has 0 aliphatic rings. The van der Waals surface area contributed by atoms with Gasteiger partial charge in [0.25, 0.3) is 5.91 Å². The molecule has 0 radical (unpaired) electrons. The molecule has 1 heterocycles. The molecule has 6 heteroatoms. The Balaban J connectivity index is 2.40. The lowest BCUT2D eigenvalue weighted by Crippen LogP contribution is -2.35. The van der Waals surface area contributed by atoms with Crippen LogP contribution in [0.15, 0.2) is 18.2 Å².